The molecule has 0 aliphatic rings. The first-order valence-electron chi connectivity index (χ1n) is 4.03. The van der Waals surface area contributed by atoms with E-state index in [9.17, 15) is 0 Å². The van der Waals surface area contributed by atoms with Crippen LogP contribution >= 0.6 is 0 Å². The van der Waals surface area contributed by atoms with Gasteiger partial charge in [-0.1, -0.05) is 5.21 Å². The van der Waals surface area contributed by atoms with Crippen molar-refractivity contribution < 1.29 is 4.74 Å². The van der Waals surface area contributed by atoms with Crippen LogP contribution in [-0.2, 0) is 11.3 Å². The Morgan fingerprint density at radius 1 is 1.62 bits per heavy atom. The molecule has 0 amide bonds. The van der Waals surface area contributed by atoms with Gasteiger partial charge in [-0.2, -0.15) is 5.26 Å². The van der Waals surface area contributed by atoms with Crippen LogP contribution in [0.2, 0.25) is 0 Å². The average Bonchev–Trinajstić information content (AvgIpc) is 2.48. The Labute approximate surface area is 76.9 Å². The Balaban J connectivity index is 3.08. The zero-order valence-corrected chi connectivity index (χ0v) is 7.98. The summed E-state index contributed by atoms with van der Waals surface area (Å²) in [5.41, 5.74) is 1.08. The third-order valence-electron chi connectivity index (χ3n) is 1.67. The molecule has 0 saturated carbocycles. The quantitative estimate of drug-likeness (QED) is 0.692. The van der Waals surface area contributed by atoms with Crippen LogP contribution in [0.3, 0.4) is 0 Å². The largest absolute Gasteiger partial charge is 0.378 e. The maximum absolute atomic E-state index is 8.72. The minimum absolute atomic E-state index is 0.194. The first kappa shape index (κ1) is 9.68. The summed E-state index contributed by atoms with van der Waals surface area (Å²) in [6.07, 6.45) is 0. The van der Waals surface area contributed by atoms with Crippen LogP contribution in [0.15, 0.2) is 0 Å². The van der Waals surface area contributed by atoms with Crippen LogP contribution in [-0.4, -0.2) is 22.1 Å². The number of nitriles is 1. The van der Waals surface area contributed by atoms with Crippen molar-refractivity contribution in [3.63, 3.8) is 0 Å². The molecule has 0 saturated heterocycles. The van der Waals surface area contributed by atoms with Gasteiger partial charge in [0.1, 0.15) is 11.8 Å². The molecule has 0 atom stereocenters. The standard InChI is InChI=1S/C8H12N4O/c1-6(2)12-8(5-13-3)7(4-9)10-11-12/h6H,5H2,1-3H3. The fourth-order valence-electron chi connectivity index (χ4n) is 1.09. The van der Waals surface area contributed by atoms with Gasteiger partial charge >= 0.3 is 0 Å². The summed E-state index contributed by atoms with van der Waals surface area (Å²) in [5.74, 6) is 0. The summed E-state index contributed by atoms with van der Waals surface area (Å²) in [6.45, 7) is 4.33. The topological polar surface area (TPSA) is 63.7 Å². The first-order valence-corrected chi connectivity index (χ1v) is 4.03. The van der Waals surface area contributed by atoms with E-state index in [1.54, 1.807) is 11.8 Å². The third kappa shape index (κ3) is 1.84. The van der Waals surface area contributed by atoms with E-state index in [0.717, 1.165) is 5.69 Å². The van der Waals surface area contributed by atoms with Gasteiger partial charge in [-0.25, -0.2) is 4.68 Å². The number of ether oxygens (including phenoxy) is 1. The summed E-state index contributed by atoms with van der Waals surface area (Å²) in [4.78, 5) is 0. The molecule has 5 nitrogen and oxygen atoms in total. The molecule has 0 aliphatic heterocycles. The highest BCUT2D eigenvalue weighted by molar-refractivity contribution is 5.24. The predicted molar refractivity (Wildman–Crippen MR) is 45.8 cm³/mol. The van der Waals surface area contributed by atoms with Gasteiger partial charge in [-0.3, -0.25) is 0 Å². The second-order valence-electron chi connectivity index (χ2n) is 2.97. The van der Waals surface area contributed by atoms with Gasteiger partial charge < -0.3 is 4.74 Å². The van der Waals surface area contributed by atoms with Crippen molar-refractivity contribution in [2.24, 2.45) is 0 Å². The molecular formula is C8H12N4O. The molecule has 70 valence electrons. The van der Waals surface area contributed by atoms with E-state index >= 15 is 0 Å². The molecule has 5 heteroatoms. The van der Waals surface area contributed by atoms with Crippen molar-refractivity contribution in [3.05, 3.63) is 11.4 Å². The maximum Gasteiger partial charge on any atom is 0.188 e. The highest BCUT2D eigenvalue weighted by atomic mass is 16.5. The molecular weight excluding hydrogens is 168 g/mol. The second kappa shape index (κ2) is 4.01. The molecule has 0 spiro atoms. The number of nitrogens with zero attached hydrogens (tertiary/aromatic N) is 4. The van der Waals surface area contributed by atoms with Crippen LogP contribution in [0.25, 0.3) is 0 Å². The molecule has 1 aromatic rings. The van der Waals surface area contributed by atoms with E-state index < -0.39 is 0 Å². The van der Waals surface area contributed by atoms with Crippen LogP contribution in [0.5, 0.6) is 0 Å². The minimum atomic E-state index is 0.194. The molecule has 0 aliphatic carbocycles. The van der Waals surface area contributed by atoms with Crippen molar-refractivity contribution in [1.82, 2.24) is 15.0 Å². The number of hydrogen-bond donors (Lipinski definition) is 0. The lowest BCUT2D eigenvalue weighted by Gasteiger charge is -2.08. The number of methoxy groups -OCH3 is 1. The molecule has 1 heterocycles. The Morgan fingerprint density at radius 3 is 2.77 bits per heavy atom. The van der Waals surface area contributed by atoms with Crippen LogP contribution in [0, 0.1) is 11.3 Å². The van der Waals surface area contributed by atoms with Gasteiger partial charge in [0.05, 0.1) is 6.61 Å². The molecule has 0 radical (unpaired) electrons. The Morgan fingerprint density at radius 2 is 2.31 bits per heavy atom. The lowest BCUT2D eigenvalue weighted by molar-refractivity contribution is 0.174. The van der Waals surface area contributed by atoms with E-state index in [-0.39, 0.29) is 6.04 Å². The number of aromatic nitrogens is 3. The Bertz CT molecular complexity index is 323. The summed E-state index contributed by atoms with van der Waals surface area (Å²) >= 11 is 0. The number of rotatable bonds is 3. The summed E-state index contributed by atoms with van der Waals surface area (Å²) in [7, 11) is 1.58. The Kier molecular flexibility index (Phi) is 2.98. The highest BCUT2D eigenvalue weighted by Crippen LogP contribution is 2.11. The smallest absolute Gasteiger partial charge is 0.188 e. The van der Waals surface area contributed by atoms with Crippen molar-refractivity contribution in [3.8, 4) is 6.07 Å². The van der Waals surface area contributed by atoms with Gasteiger partial charge in [-0.15, -0.1) is 5.10 Å². The average molecular weight is 180 g/mol. The van der Waals surface area contributed by atoms with E-state index in [0.29, 0.717) is 12.3 Å². The van der Waals surface area contributed by atoms with Crippen molar-refractivity contribution in [2.75, 3.05) is 7.11 Å². The van der Waals surface area contributed by atoms with Gasteiger partial charge in [0.25, 0.3) is 0 Å². The molecule has 13 heavy (non-hydrogen) atoms. The first-order chi connectivity index (χ1) is 6.20. The molecule has 0 unspecified atom stereocenters. The maximum atomic E-state index is 8.72. The second-order valence-corrected chi connectivity index (χ2v) is 2.97. The van der Waals surface area contributed by atoms with Crippen molar-refractivity contribution >= 4 is 0 Å². The van der Waals surface area contributed by atoms with Crippen LogP contribution in [0.1, 0.15) is 31.3 Å². The van der Waals surface area contributed by atoms with Gasteiger partial charge in [0, 0.05) is 13.2 Å². The fraction of sp³-hybridized carbons (Fsp3) is 0.625. The van der Waals surface area contributed by atoms with Gasteiger partial charge in [0.2, 0.25) is 0 Å². The lowest BCUT2D eigenvalue weighted by Crippen LogP contribution is -2.08. The van der Waals surface area contributed by atoms with E-state index in [2.05, 4.69) is 10.3 Å². The normalized spacial score (nSPS) is 10.4. The number of hydrogen-bond acceptors (Lipinski definition) is 4. The van der Waals surface area contributed by atoms with Gasteiger partial charge in [-0.05, 0) is 13.8 Å². The molecule has 0 bridgehead atoms. The summed E-state index contributed by atoms with van der Waals surface area (Å²) in [5, 5.41) is 16.3. The molecule has 0 fully saturated rings. The molecule has 0 N–H and O–H groups in total. The van der Waals surface area contributed by atoms with Gasteiger partial charge in [0.15, 0.2) is 5.69 Å². The lowest BCUT2D eigenvalue weighted by atomic mass is 10.3. The van der Waals surface area contributed by atoms with Crippen molar-refractivity contribution in [2.45, 2.75) is 26.5 Å². The highest BCUT2D eigenvalue weighted by Gasteiger charge is 2.13. The van der Waals surface area contributed by atoms with Crippen LogP contribution < -0.4 is 0 Å². The SMILES string of the molecule is COCc1c(C#N)nnn1C(C)C. The third-order valence-corrected chi connectivity index (χ3v) is 1.67. The van der Waals surface area contributed by atoms with E-state index in [1.807, 2.05) is 19.9 Å². The van der Waals surface area contributed by atoms with E-state index in [1.165, 1.54) is 0 Å². The van der Waals surface area contributed by atoms with E-state index in [4.69, 9.17) is 10.00 Å². The Hall–Kier alpha value is -1.41. The molecule has 1 rings (SSSR count). The minimum Gasteiger partial charge on any atom is -0.378 e. The predicted octanol–water partition coefficient (Wildman–Crippen LogP) is 0.877. The zero-order valence-electron chi connectivity index (χ0n) is 7.98. The monoisotopic (exact) mass is 180 g/mol. The summed E-state index contributed by atoms with van der Waals surface area (Å²) < 4.78 is 6.66. The molecule has 1 aromatic heterocycles. The van der Waals surface area contributed by atoms with Crippen LogP contribution in [0.4, 0.5) is 0 Å². The van der Waals surface area contributed by atoms with Crippen molar-refractivity contribution in [1.29, 1.82) is 5.26 Å². The fourth-order valence-corrected chi connectivity index (χ4v) is 1.09. The zero-order chi connectivity index (χ0) is 9.84. The summed E-state index contributed by atoms with van der Waals surface area (Å²) in [6, 6.07) is 2.18. The molecule has 0 aromatic carbocycles.